The zero-order chi connectivity index (χ0) is 26.3. The molecule has 3 heterocycles. The SMILES string of the molecule is CC(C)c1ccnc(-c2nc3nc(S(C)(=O)=O)nc(N[C@H](C)C4CCC4)c3n2C[C@H]2CC[C@H](C)CC2)c1. The topological polar surface area (TPSA) is 103 Å². The molecule has 0 bridgehead atoms. The van der Waals surface area contributed by atoms with Crippen LogP contribution in [-0.2, 0) is 16.4 Å². The van der Waals surface area contributed by atoms with Crippen LogP contribution in [0.3, 0.4) is 0 Å². The summed E-state index contributed by atoms with van der Waals surface area (Å²) in [6.45, 7) is 9.62. The van der Waals surface area contributed by atoms with Crippen LogP contribution < -0.4 is 5.32 Å². The molecule has 0 saturated heterocycles. The lowest BCUT2D eigenvalue weighted by Crippen LogP contribution is -2.31. The van der Waals surface area contributed by atoms with E-state index in [-0.39, 0.29) is 11.2 Å². The predicted octanol–water partition coefficient (Wildman–Crippen LogP) is 5.84. The second-order valence-electron chi connectivity index (χ2n) is 11.7. The molecule has 2 fully saturated rings. The molecule has 3 aromatic rings. The van der Waals surface area contributed by atoms with Crippen LogP contribution in [0.1, 0.15) is 84.1 Å². The summed E-state index contributed by atoms with van der Waals surface area (Å²) in [6.07, 6.45) is 11.4. The molecule has 2 saturated carbocycles. The van der Waals surface area contributed by atoms with E-state index in [1.807, 2.05) is 12.3 Å². The average Bonchev–Trinajstić information content (AvgIpc) is 3.17. The predicted molar refractivity (Wildman–Crippen MR) is 147 cm³/mol. The van der Waals surface area contributed by atoms with Crippen LogP contribution in [0.2, 0.25) is 0 Å². The zero-order valence-corrected chi connectivity index (χ0v) is 23.6. The second-order valence-corrected chi connectivity index (χ2v) is 13.6. The van der Waals surface area contributed by atoms with Crippen LogP contribution in [0.15, 0.2) is 23.5 Å². The van der Waals surface area contributed by atoms with Gasteiger partial charge in [-0.25, -0.2) is 13.4 Å². The van der Waals surface area contributed by atoms with E-state index in [9.17, 15) is 8.42 Å². The first kappa shape index (κ1) is 26.1. The van der Waals surface area contributed by atoms with Crippen molar-refractivity contribution in [2.24, 2.45) is 17.8 Å². The van der Waals surface area contributed by atoms with Gasteiger partial charge in [0.15, 0.2) is 17.3 Å². The molecule has 1 atom stereocenters. The van der Waals surface area contributed by atoms with Gasteiger partial charge in [-0.1, -0.05) is 40.0 Å². The number of aromatic nitrogens is 5. The number of hydrogen-bond donors (Lipinski definition) is 1. The van der Waals surface area contributed by atoms with E-state index in [0.29, 0.717) is 29.2 Å². The van der Waals surface area contributed by atoms with Gasteiger partial charge >= 0.3 is 0 Å². The number of hydrogen-bond acceptors (Lipinski definition) is 7. The van der Waals surface area contributed by atoms with E-state index in [0.717, 1.165) is 35.8 Å². The van der Waals surface area contributed by atoms with Crippen molar-refractivity contribution in [1.29, 1.82) is 0 Å². The smallest absolute Gasteiger partial charge is 0.250 e. The molecule has 2 aliphatic carbocycles. The summed E-state index contributed by atoms with van der Waals surface area (Å²) in [4.78, 5) is 18.7. The molecule has 9 heteroatoms. The van der Waals surface area contributed by atoms with Gasteiger partial charge in [-0.3, -0.25) is 4.98 Å². The molecule has 0 amide bonds. The third-order valence-electron chi connectivity index (χ3n) is 8.39. The van der Waals surface area contributed by atoms with E-state index >= 15 is 0 Å². The van der Waals surface area contributed by atoms with Crippen LogP contribution in [0.5, 0.6) is 0 Å². The molecule has 5 rings (SSSR count). The Morgan fingerprint density at radius 2 is 1.78 bits per heavy atom. The standard InChI is InChI=1S/C28H40N6O2S/c1-17(2)22-13-14-29-23(15-22)27-31-26-24(34(27)16-20-11-9-18(3)10-12-20)25(30-19(4)21-7-6-8-21)32-28(33-26)37(5,35)36/h13-15,17-21H,6-12,16H2,1-5H3,(H,30,32,33)/t18-,19-,20-/m1/s1. The highest BCUT2D eigenvalue weighted by Gasteiger charge is 2.29. The molecule has 1 N–H and O–H groups in total. The Labute approximate surface area is 220 Å². The number of pyridine rings is 1. The molecule has 0 aliphatic heterocycles. The number of rotatable bonds is 8. The number of nitrogens with zero attached hydrogens (tertiary/aromatic N) is 5. The van der Waals surface area contributed by atoms with Crippen LogP contribution in [0, 0.1) is 17.8 Å². The number of fused-ring (bicyclic) bond motifs is 1. The monoisotopic (exact) mass is 524 g/mol. The second kappa shape index (κ2) is 10.3. The maximum Gasteiger partial charge on any atom is 0.250 e. The summed E-state index contributed by atoms with van der Waals surface area (Å²) in [5, 5.41) is 3.40. The van der Waals surface area contributed by atoms with Gasteiger partial charge in [0.25, 0.3) is 5.16 Å². The summed E-state index contributed by atoms with van der Waals surface area (Å²) >= 11 is 0. The molecular formula is C28H40N6O2S. The first-order chi connectivity index (χ1) is 17.6. The fourth-order valence-corrected chi connectivity index (χ4v) is 6.14. The van der Waals surface area contributed by atoms with E-state index in [1.54, 1.807) is 0 Å². The van der Waals surface area contributed by atoms with Crippen LogP contribution >= 0.6 is 0 Å². The number of imidazole rings is 1. The van der Waals surface area contributed by atoms with Gasteiger partial charge in [-0.15, -0.1) is 0 Å². The molecule has 37 heavy (non-hydrogen) atoms. The molecule has 0 aromatic carbocycles. The van der Waals surface area contributed by atoms with Crippen molar-refractivity contribution >= 4 is 26.8 Å². The highest BCUT2D eigenvalue weighted by Crippen LogP contribution is 2.36. The molecule has 0 unspecified atom stereocenters. The molecule has 8 nitrogen and oxygen atoms in total. The Morgan fingerprint density at radius 1 is 1.05 bits per heavy atom. The summed E-state index contributed by atoms with van der Waals surface area (Å²) in [5.41, 5.74) is 3.17. The van der Waals surface area contributed by atoms with Crippen molar-refractivity contribution in [2.45, 2.75) is 96.3 Å². The van der Waals surface area contributed by atoms with E-state index < -0.39 is 9.84 Å². The van der Waals surface area contributed by atoms with Crippen LogP contribution in [0.25, 0.3) is 22.7 Å². The third-order valence-corrected chi connectivity index (χ3v) is 9.24. The zero-order valence-electron chi connectivity index (χ0n) is 22.7. The first-order valence-corrected chi connectivity index (χ1v) is 15.7. The molecular weight excluding hydrogens is 484 g/mol. The fraction of sp³-hybridized carbons (Fsp3) is 0.643. The minimum Gasteiger partial charge on any atom is -0.365 e. The van der Waals surface area contributed by atoms with Crippen molar-refractivity contribution in [3.05, 3.63) is 23.9 Å². The highest BCUT2D eigenvalue weighted by molar-refractivity contribution is 7.90. The lowest BCUT2D eigenvalue weighted by molar-refractivity contribution is 0.267. The molecule has 0 radical (unpaired) electrons. The lowest BCUT2D eigenvalue weighted by atomic mass is 9.80. The van der Waals surface area contributed by atoms with Crippen molar-refractivity contribution in [1.82, 2.24) is 24.5 Å². The van der Waals surface area contributed by atoms with Crippen molar-refractivity contribution < 1.29 is 8.42 Å². The fourth-order valence-electron chi connectivity index (χ4n) is 5.63. The van der Waals surface area contributed by atoms with Crippen molar-refractivity contribution in [2.75, 3.05) is 11.6 Å². The largest absolute Gasteiger partial charge is 0.365 e. The summed E-state index contributed by atoms with van der Waals surface area (Å²) < 4.78 is 27.3. The summed E-state index contributed by atoms with van der Waals surface area (Å²) in [6, 6.07) is 4.32. The highest BCUT2D eigenvalue weighted by atomic mass is 32.2. The normalized spacial score (nSPS) is 21.8. The Kier molecular flexibility index (Phi) is 7.27. The maximum atomic E-state index is 12.5. The average molecular weight is 525 g/mol. The maximum absolute atomic E-state index is 12.5. The van der Waals surface area contributed by atoms with Crippen LogP contribution in [0.4, 0.5) is 5.82 Å². The quantitative estimate of drug-likeness (QED) is 0.369. The van der Waals surface area contributed by atoms with Crippen molar-refractivity contribution in [3.8, 4) is 11.5 Å². The molecule has 0 spiro atoms. The Morgan fingerprint density at radius 3 is 2.41 bits per heavy atom. The first-order valence-electron chi connectivity index (χ1n) is 13.8. The number of nitrogens with one attached hydrogen (secondary N) is 1. The summed E-state index contributed by atoms with van der Waals surface area (Å²) in [5.74, 6) is 3.50. The lowest BCUT2D eigenvalue weighted by Gasteiger charge is -2.32. The Bertz CT molecular complexity index is 1370. The Balaban J connectivity index is 1.68. The van der Waals surface area contributed by atoms with Gasteiger partial charge < -0.3 is 9.88 Å². The van der Waals surface area contributed by atoms with Gasteiger partial charge in [0.05, 0.1) is 0 Å². The van der Waals surface area contributed by atoms with Gasteiger partial charge in [0, 0.05) is 25.0 Å². The number of sulfone groups is 1. The molecule has 200 valence electrons. The third kappa shape index (κ3) is 5.52. The van der Waals surface area contributed by atoms with Gasteiger partial charge in [-0.2, -0.15) is 9.97 Å². The van der Waals surface area contributed by atoms with Gasteiger partial charge in [0.1, 0.15) is 11.2 Å². The van der Waals surface area contributed by atoms with Crippen LogP contribution in [-0.4, -0.2) is 45.2 Å². The molecule has 2 aliphatic rings. The van der Waals surface area contributed by atoms with E-state index in [1.165, 1.54) is 50.5 Å². The minimum absolute atomic E-state index is 0.184. The molecule has 3 aromatic heterocycles. The van der Waals surface area contributed by atoms with Gasteiger partial charge in [-0.05, 0) is 74.0 Å². The van der Waals surface area contributed by atoms with E-state index in [4.69, 9.17) is 9.97 Å². The van der Waals surface area contributed by atoms with E-state index in [2.05, 4.69) is 53.6 Å². The Hall–Kier alpha value is -2.55. The van der Waals surface area contributed by atoms with Crippen molar-refractivity contribution in [3.63, 3.8) is 0 Å². The number of anilines is 1. The minimum atomic E-state index is -3.61. The summed E-state index contributed by atoms with van der Waals surface area (Å²) in [7, 11) is -3.61. The van der Waals surface area contributed by atoms with Gasteiger partial charge in [0.2, 0.25) is 9.84 Å².